The van der Waals surface area contributed by atoms with Crippen LogP contribution in [0.5, 0.6) is 0 Å². The number of sulfonamides is 1. The Kier molecular flexibility index (Phi) is 4.54. The molecule has 0 bridgehead atoms. The molecular formula is C13H18N2O2S2. The minimum absolute atomic E-state index is 0.146. The molecule has 1 saturated carbocycles. The van der Waals surface area contributed by atoms with Gasteiger partial charge in [0.25, 0.3) is 0 Å². The Labute approximate surface area is 119 Å². The van der Waals surface area contributed by atoms with E-state index in [1.54, 1.807) is 0 Å². The van der Waals surface area contributed by atoms with E-state index in [-0.39, 0.29) is 10.2 Å². The van der Waals surface area contributed by atoms with Crippen molar-refractivity contribution in [3.63, 3.8) is 0 Å². The third-order valence-corrected chi connectivity index (χ3v) is 5.59. The van der Waals surface area contributed by atoms with Crippen molar-refractivity contribution in [2.75, 3.05) is 0 Å². The Hall–Kier alpha value is -0.980. The van der Waals surface area contributed by atoms with Crippen LogP contribution in [0.15, 0.2) is 30.3 Å². The number of nitrogens with two attached hydrogens (primary N) is 1. The van der Waals surface area contributed by atoms with Gasteiger partial charge in [0.05, 0.1) is 16.3 Å². The first-order chi connectivity index (χ1) is 9.00. The smallest absolute Gasteiger partial charge is 0.215 e. The number of hydrogen-bond acceptors (Lipinski definition) is 3. The quantitative estimate of drug-likeness (QED) is 0.814. The molecule has 19 heavy (non-hydrogen) atoms. The van der Waals surface area contributed by atoms with Gasteiger partial charge in [-0.2, -0.15) is 0 Å². The minimum Gasteiger partial charge on any atom is -0.392 e. The molecule has 1 aliphatic rings. The number of hydrogen-bond donors (Lipinski definition) is 2. The van der Waals surface area contributed by atoms with Crippen molar-refractivity contribution in [1.29, 1.82) is 0 Å². The van der Waals surface area contributed by atoms with E-state index >= 15 is 0 Å². The number of rotatable bonds is 5. The van der Waals surface area contributed by atoms with Crippen LogP contribution in [-0.4, -0.2) is 18.7 Å². The van der Waals surface area contributed by atoms with E-state index in [2.05, 4.69) is 4.72 Å². The van der Waals surface area contributed by atoms with Crippen molar-refractivity contribution in [3.05, 3.63) is 35.9 Å². The summed E-state index contributed by atoms with van der Waals surface area (Å²) in [6, 6.07) is 8.56. The van der Waals surface area contributed by atoms with Gasteiger partial charge in [-0.1, -0.05) is 55.4 Å². The van der Waals surface area contributed by atoms with Crippen molar-refractivity contribution < 1.29 is 8.42 Å². The normalized spacial score (nSPS) is 18.3. The maximum Gasteiger partial charge on any atom is 0.215 e. The fraction of sp³-hybridized carbons (Fsp3) is 0.462. The molecule has 1 unspecified atom stereocenters. The fourth-order valence-corrected chi connectivity index (χ4v) is 4.40. The standard InChI is InChI=1S/C13H18N2O2S2/c14-13(18)12(10-6-2-1-3-7-10)15-19(16,17)11-8-4-5-9-11/h1-3,6-7,11-12,15H,4-5,8-9H2,(H2,14,18). The van der Waals surface area contributed by atoms with E-state index in [1.807, 2.05) is 30.3 Å². The van der Waals surface area contributed by atoms with Gasteiger partial charge >= 0.3 is 0 Å². The van der Waals surface area contributed by atoms with E-state index in [9.17, 15) is 8.42 Å². The first kappa shape index (κ1) is 14.4. The van der Waals surface area contributed by atoms with Gasteiger partial charge in [-0.05, 0) is 18.4 Å². The third-order valence-electron chi connectivity index (χ3n) is 3.44. The molecule has 0 spiro atoms. The highest BCUT2D eigenvalue weighted by molar-refractivity contribution is 7.90. The van der Waals surface area contributed by atoms with Crippen molar-refractivity contribution in [2.24, 2.45) is 5.73 Å². The van der Waals surface area contributed by atoms with Crippen LogP contribution in [-0.2, 0) is 10.0 Å². The van der Waals surface area contributed by atoms with Gasteiger partial charge in [0, 0.05) is 0 Å². The molecule has 1 aromatic carbocycles. The largest absolute Gasteiger partial charge is 0.392 e. The Morgan fingerprint density at radius 2 is 1.84 bits per heavy atom. The van der Waals surface area contributed by atoms with Gasteiger partial charge in [-0.15, -0.1) is 0 Å². The lowest BCUT2D eigenvalue weighted by molar-refractivity contribution is 0.560. The monoisotopic (exact) mass is 298 g/mol. The molecule has 104 valence electrons. The van der Waals surface area contributed by atoms with Gasteiger partial charge in [-0.3, -0.25) is 0 Å². The zero-order valence-corrected chi connectivity index (χ0v) is 12.2. The second-order valence-electron chi connectivity index (χ2n) is 4.82. The molecule has 1 atom stereocenters. The molecule has 0 saturated heterocycles. The predicted molar refractivity (Wildman–Crippen MR) is 80.3 cm³/mol. The van der Waals surface area contributed by atoms with Crippen LogP contribution in [0.4, 0.5) is 0 Å². The molecule has 1 aliphatic carbocycles. The lowest BCUT2D eigenvalue weighted by Crippen LogP contribution is -2.40. The van der Waals surface area contributed by atoms with E-state index in [1.165, 1.54) is 0 Å². The Morgan fingerprint density at radius 1 is 1.26 bits per heavy atom. The van der Waals surface area contributed by atoms with Crippen molar-refractivity contribution in [3.8, 4) is 0 Å². The summed E-state index contributed by atoms with van der Waals surface area (Å²) in [5, 5.41) is -0.312. The summed E-state index contributed by atoms with van der Waals surface area (Å²) >= 11 is 4.99. The molecule has 0 aliphatic heterocycles. The Morgan fingerprint density at radius 3 is 2.37 bits per heavy atom. The number of benzene rings is 1. The molecule has 6 heteroatoms. The minimum atomic E-state index is -3.37. The molecule has 1 fully saturated rings. The topological polar surface area (TPSA) is 72.2 Å². The van der Waals surface area contributed by atoms with Crippen LogP contribution < -0.4 is 10.5 Å². The zero-order chi connectivity index (χ0) is 13.9. The maximum absolute atomic E-state index is 12.3. The second-order valence-corrected chi connectivity index (χ2v) is 7.28. The van der Waals surface area contributed by atoms with Crippen LogP contribution in [0, 0.1) is 0 Å². The van der Waals surface area contributed by atoms with Gasteiger partial charge in [0.1, 0.15) is 0 Å². The van der Waals surface area contributed by atoms with E-state index < -0.39 is 16.1 Å². The summed E-state index contributed by atoms with van der Waals surface area (Å²) in [6.45, 7) is 0. The van der Waals surface area contributed by atoms with Crippen molar-refractivity contribution in [2.45, 2.75) is 37.0 Å². The molecule has 0 amide bonds. The number of thiocarbonyl (C=S) groups is 1. The summed E-state index contributed by atoms with van der Waals surface area (Å²) in [5.74, 6) is 0. The number of nitrogens with one attached hydrogen (secondary N) is 1. The molecule has 2 rings (SSSR count). The molecule has 0 radical (unpaired) electrons. The van der Waals surface area contributed by atoms with Crippen LogP contribution in [0.3, 0.4) is 0 Å². The highest BCUT2D eigenvalue weighted by Crippen LogP contribution is 2.26. The van der Waals surface area contributed by atoms with Crippen molar-refractivity contribution in [1.82, 2.24) is 4.72 Å². The van der Waals surface area contributed by atoms with E-state index in [4.69, 9.17) is 18.0 Å². The lowest BCUT2D eigenvalue weighted by Gasteiger charge is -2.20. The average Bonchev–Trinajstić information content (AvgIpc) is 2.91. The predicted octanol–water partition coefficient (Wildman–Crippen LogP) is 1.88. The third kappa shape index (κ3) is 3.52. The Bertz CT molecular complexity index is 537. The lowest BCUT2D eigenvalue weighted by atomic mass is 10.1. The highest BCUT2D eigenvalue weighted by Gasteiger charge is 2.31. The summed E-state index contributed by atoms with van der Waals surface area (Å²) in [5.41, 5.74) is 6.45. The van der Waals surface area contributed by atoms with Crippen LogP contribution in [0.25, 0.3) is 0 Å². The Balaban J connectivity index is 2.20. The fourth-order valence-electron chi connectivity index (χ4n) is 2.40. The summed E-state index contributed by atoms with van der Waals surface area (Å²) in [6.07, 6.45) is 3.37. The van der Waals surface area contributed by atoms with Gasteiger partial charge < -0.3 is 5.73 Å². The molecular weight excluding hydrogens is 280 g/mol. The summed E-state index contributed by atoms with van der Waals surface area (Å²) in [7, 11) is -3.37. The second kappa shape index (κ2) is 5.98. The zero-order valence-electron chi connectivity index (χ0n) is 10.6. The molecule has 0 heterocycles. The SMILES string of the molecule is NC(=S)C(NS(=O)(=O)C1CCCC1)c1ccccc1. The van der Waals surface area contributed by atoms with Crippen LogP contribution >= 0.6 is 12.2 Å². The molecule has 3 N–H and O–H groups in total. The summed E-state index contributed by atoms with van der Waals surface area (Å²) in [4.78, 5) is 0.146. The van der Waals surface area contributed by atoms with Gasteiger partial charge in [-0.25, -0.2) is 13.1 Å². The molecule has 1 aromatic rings. The average molecular weight is 298 g/mol. The van der Waals surface area contributed by atoms with E-state index in [0.29, 0.717) is 12.8 Å². The first-order valence-electron chi connectivity index (χ1n) is 6.36. The van der Waals surface area contributed by atoms with E-state index in [0.717, 1.165) is 18.4 Å². The van der Waals surface area contributed by atoms with Crippen LogP contribution in [0.1, 0.15) is 37.3 Å². The first-order valence-corrected chi connectivity index (χ1v) is 8.31. The molecule has 4 nitrogen and oxygen atoms in total. The van der Waals surface area contributed by atoms with Crippen molar-refractivity contribution >= 4 is 27.2 Å². The van der Waals surface area contributed by atoms with Crippen LogP contribution in [0.2, 0.25) is 0 Å². The summed E-state index contributed by atoms with van der Waals surface area (Å²) < 4.78 is 27.2. The van der Waals surface area contributed by atoms with Gasteiger partial charge in [0.15, 0.2) is 0 Å². The molecule has 0 aromatic heterocycles. The van der Waals surface area contributed by atoms with Gasteiger partial charge in [0.2, 0.25) is 10.0 Å². The maximum atomic E-state index is 12.3. The highest BCUT2D eigenvalue weighted by atomic mass is 32.2.